The fraction of sp³-hybridized carbons (Fsp3) is 0.0667. The molecule has 0 radical (unpaired) electrons. The molecule has 0 unspecified atom stereocenters. The number of carbonyl (C=O) groups excluding carboxylic acids is 1. The van der Waals surface area contributed by atoms with Crippen LogP contribution in [0.5, 0.6) is 5.75 Å². The number of rotatable bonds is 2. The summed E-state index contributed by atoms with van der Waals surface area (Å²) in [5, 5.41) is 2.68. The highest BCUT2D eigenvalue weighted by Crippen LogP contribution is 2.18. The molecule has 0 aliphatic carbocycles. The summed E-state index contributed by atoms with van der Waals surface area (Å²) >= 11 is 0. The summed E-state index contributed by atoms with van der Waals surface area (Å²) in [6.45, 7) is 0. The second-order valence-corrected chi connectivity index (χ2v) is 4.44. The number of methoxy groups -OCH3 is 1. The van der Waals surface area contributed by atoms with Crippen molar-refractivity contribution in [2.24, 2.45) is 0 Å². The van der Waals surface area contributed by atoms with E-state index in [1.807, 2.05) is 6.07 Å². The van der Waals surface area contributed by atoms with Crippen LogP contribution in [-0.2, 0) is 0 Å². The van der Waals surface area contributed by atoms with Crippen LogP contribution in [0.4, 0.5) is 10.5 Å². The van der Waals surface area contributed by atoms with Crippen LogP contribution in [-0.4, -0.2) is 22.7 Å². The standard InChI is InChI=1S/C15H13N3O3/c1-21-11-7-8-13-12(9-11)17-15(20)18(13)14(19)16-10-5-3-2-4-6-10/h2-9H,1H3,(H,16,19)(H,17,20). The lowest BCUT2D eigenvalue weighted by molar-refractivity contribution is 0.253. The lowest BCUT2D eigenvalue weighted by Gasteiger charge is -2.05. The van der Waals surface area contributed by atoms with E-state index >= 15 is 0 Å². The second-order valence-electron chi connectivity index (χ2n) is 4.44. The molecular formula is C15H13N3O3. The van der Waals surface area contributed by atoms with Crippen LogP contribution in [0.1, 0.15) is 0 Å². The SMILES string of the molecule is COc1ccc2c(c1)[nH]c(=O)n2C(=O)Nc1ccccc1. The number of amides is 1. The van der Waals surface area contributed by atoms with Gasteiger partial charge >= 0.3 is 11.7 Å². The molecule has 1 heterocycles. The molecule has 6 nitrogen and oxygen atoms in total. The van der Waals surface area contributed by atoms with Crippen LogP contribution in [0.2, 0.25) is 0 Å². The third-order valence-electron chi connectivity index (χ3n) is 3.12. The highest BCUT2D eigenvalue weighted by atomic mass is 16.5. The Hall–Kier alpha value is -3.02. The molecule has 1 amide bonds. The Bertz CT molecular complexity index is 849. The van der Waals surface area contributed by atoms with Crippen molar-refractivity contribution >= 4 is 22.8 Å². The maximum atomic E-state index is 12.3. The maximum Gasteiger partial charge on any atom is 0.334 e. The van der Waals surface area contributed by atoms with Gasteiger partial charge in [0.1, 0.15) is 5.75 Å². The van der Waals surface area contributed by atoms with Gasteiger partial charge in [0.2, 0.25) is 0 Å². The number of nitrogens with one attached hydrogen (secondary N) is 2. The van der Waals surface area contributed by atoms with Crippen molar-refractivity contribution in [3.8, 4) is 5.75 Å². The minimum Gasteiger partial charge on any atom is -0.497 e. The molecule has 0 bridgehead atoms. The molecule has 0 aliphatic heterocycles. The fourth-order valence-electron chi connectivity index (χ4n) is 2.12. The second kappa shape index (κ2) is 5.16. The Morgan fingerprint density at radius 2 is 1.95 bits per heavy atom. The van der Waals surface area contributed by atoms with Gasteiger partial charge in [-0.1, -0.05) is 18.2 Å². The lowest BCUT2D eigenvalue weighted by Crippen LogP contribution is -2.29. The largest absolute Gasteiger partial charge is 0.497 e. The summed E-state index contributed by atoms with van der Waals surface area (Å²) in [6, 6.07) is 13.5. The van der Waals surface area contributed by atoms with Crippen LogP contribution in [0, 0.1) is 0 Å². The van der Waals surface area contributed by atoms with E-state index in [4.69, 9.17) is 4.74 Å². The molecule has 0 fully saturated rings. The van der Waals surface area contributed by atoms with E-state index in [1.54, 1.807) is 49.6 Å². The predicted molar refractivity (Wildman–Crippen MR) is 80.0 cm³/mol. The van der Waals surface area contributed by atoms with Crippen molar-refractivity contribution in [2.75, 3.05) is 12.4 Å². The first kappa shape index (κ1) is 13.0. The van der Waals surface area contributed by atoms with Crippen molar-refractivity contribution in [2.45, 2.75) is 0 Å². The first-order valence-corrected chi connectivity index (χ1v) is 6.34. The average Bonchev–Trinajstić information content (AvgIpc) is 2.83. The summed E-state index contributed by atoms with van der Waals surface area (Å²) in [6.07, 6.45) is 0. The molecule has 3 aromatic rings. The zero-order valence-corrected chi connectivity index (χ0v) is 11.3. The number of nitrogens with zero attached hydrogens (tertiary/aromatic N) is 1. The number of fused-ring (bicyclic) bond motifs is 1. The number of H-pyrrole nitrogens is 1. The van der Waals surface area contributed by atoms with Crippen molar-refractivity contribution in [3.63, 3.8) is 0 Å². The van der Waals surface area contributed by atoms with Gasteiger partial charge in [0.05, 0.1) is 18.1 Å². The molecule has 106 valence electrons. The van der Waals surface area contributed by atoms with Crippen LogP contribution in [0.15, 0.2) is 53.3 Å². The summed E-state index contributed by atoms with van der Waals surface area (Å²) < 4.78 is 6.15. The Morgan fingerprint density at radius 1 is 1.19 bits per heavy atom. The Labute approximate surface area is 120 Å². The number of para-hydroxylation sites is 1. The number of carbonyl (C=O) groups is 1. The molecule has 2 aromatic carbocycles. The van der Waals surface area contributed by atoms with Gasteiger partial charge in [0.25, 0.3) is 0 Å². The Kier molecular flexibility index (Phi) is 3.19. The van der Waals surface area contributed by atoms with Gasteiger partial charge < -0.3 is 15.0 Å². The first-order chi connectivity index (χ1) is 10.2. The van der Waals surface area contributed by atoms with E-state index in [-0.39, 0.29) is 0 Å². The lowest BCUT2D eigenvalue weighted by atomic mass is 10.3. The highest BCUT2D eigenvalue weighted by molar-refractivity contribution is 5.97. The third-order valence-corrected chi connectivity index (χ3v) is 3.12. The van der Waals surface area contributed by atoms with Gasteiger partial charge in [0, 0.05) is 11.8 Å². The zero-order valence-electron chi connectivity index (χ0n) is 11.3. The summed E-state index contributed by atoms with van der Waals surface area (Å²) in [4.78, 5) is 26.9. The summed E-state index contributed by atoms with van der Waals surface area (Å²) in [7, 11) is 1.54. The van der Waals surface area contributed by atoms with Crippen molar-refractivity contribution in [3.05, 3.63) is 59.0 Å². The minimum atomic E-state index is -0.511. The van der Waals surface area contributed by atoms with Crippen LogP contribution < -0.4 is 15.7 Å². The number of hydrogen-bond acceptors (Lipinski definition) is 3. The molecule has 0 atom stereocenters. The molecule has 21 heavy (non-hydrogen) atoms. The molecular weight excluding hydrogens is 270 g/mol. The molecule has 1 aromatic heterocycles. The Morgan fingerprint density at radius 3 is 2.67 bits per heavy atom. The molecule has 3 rings (SSSR count). The quantitative estimate of drug-likeness (QED) is 0.758. The number of benzene rings is 2. The van der Waals surface area contributed by atoms with Gasteiger partial charge in [0.15, 0.2) is 0 Å². The first-order valence-electron chi connectivity index (χ1n) is 6.34. The van der Waals surface area contributed by atoms with Gasteiger partial charge in [-0.2, -0.15) is 0 Å². The molecule has 6 heteroatoms. The number of imidazole rings is 1. The normalized spacial score (nSPS) is 10.5. The van der Waals surface area contributed by atoms with Crippen LogP contribution >= 0.6 is 0 Å². The maximum absolute atomic E-state index is 12.3. The van der Waals surface area contributed by atoms with Gasteiger partial charge in [-0.05, 0) is 24.3 Å². The smallest absolute Gasteiger partial charge is 0.334 e. The fourth-order valence-corrected chi connectivity index (χ4v) is 2.12. The number of ether oxygens (including phenoxy) is 1. The number of aromatic nitrogens is 2. The van der Waals surface area contributed by atoms with E-state index in [0.717, 1.165) is 4.57 Å². The summed E-state index contributed by atoms with van der Waals surface area (Å²) in [5.41, 5.74) is 1.17. The van der Waals surface area contributed by atoms with E-state index in [0.29, 0.717) is 22.5 Å². The number of aromatic amines is 1. The number of anilines is 1. The number of hydrogen-bond donors (Lipinski definition) is 2. The predicted octanol–water partition coefficient (Wildman–Crippen LogP) is 2.42. The Balaban J connectivity index is 2.02. The van der Waals surface area contributed by atoms with E-state index < -0.39 is 11.7 Å². The van der Waals surface area contributed by atoms with Crippen molar-refractivity contribution in [1.29, 1.82) is 0 Å². The molecule has 2 N–H and O–H groups in total. The zero-order chi connectivity index (χ0) is 14.8. The highest BCUT2D eigenvalue weighted by Gasteiger charge is 2.14. The molecule has 0 spiro atoms. The van der Waals surface area contributed by atoms with Crippen LogP contribution in [0.3, 0.4) is 0 Å². The van der Waals surface area contributed by atoms with Gasteiger partial charge in [-0.25, -0.2) is 14.2 Å². The van der Waals surface area contributed by atoms with Crippen molar-refractivity contribution < 1.29 is 9.53 Å². The monoisotopic (exact) mass is 283 g/mol. The van der Waals surface area contributed by atoms with Crippen LogP contribution in [0.25, 0.3) is 11.0 Å². The average molecular weight is 283 g/mol. The molecule has 0 aliphatic rings. The summed E-state index contributed by atoms with van der Waals surface area (Å²) in [5.74, 6) is 0.611. The van der Waals surface area contributed by atoms with Crippen molar-refractivity contribution in [1.82, 2.24) is 9.55 Å². The topological polar surface area (TPSA) is 76.1 Å². The van der Waals surface area contributed by atoms with E-state index in [9.17, 15) is 9.59 Å². The van der Waals surface area contributed by atoms with Gasteiger partial charge in [-0.3, -0.25) is 0 Å². The van der Waals surface area contributed by atoms with Gasteiger partial charge in [-0.15, -0.1) is 0 Å². The third kappa shape index (κ3) is 2.38. The van der Waals surface area contributed by atoms with E-state index in [1.165, 1.54) is 0 Å². The minimum absolute atomic E-state index is 0.494. The molecule has 0 saturated heterocycles. The van der Waals surface area contributed by atoms with E-state index in [2.05, 4.69) is 10.3 Å². The molecule has 0 saturated carbocycles.